The zero-order chi connectivity index (χ0) is 43.6. The first-order valence-electron chi connectivity index (χ1n) is 19.6. The summed E-state index contributed by atoms with van der Waals surface area (Å²) in [5.74, 6) is -2.14. The summed E-state index contributed by atoms with van der Waals surface area (Å²) in [5.41, 5.74) is -1.08. The number of amides is 5. The van der Waals surface area contributed by atoms with Crippen molar-refractivity contribution in [3.63, 3.8) is 0 Å². The Bertz CT molecular complexity index is 1900. The van der Waals surface area contributed by atoms with E-state index in [1.165, 1.54) is 54.7 Å². The molecule has 5 rings (SSSR count). The lowest BCUT2D eigenvalue weighted by molar-refractivity contribution is -0.162. The Kier molecular flexibility index (Phi) is 14.5. The van der Waals surface area contributed by atoms with E-state index in [-0.39, 0.29) is 60.7 Å². The number of imide groups is 1. The van der Waals surface area contributed by atoms with Crippen LogP contribution in [0.1, 0.15) is 65.9 Å². The summed E-state index contributed by atoms with van der Waals surface area (Å²) in [6.07, 6.45) is 0.657. The van der Waals surface area contributed by atoms with Gasteiger partial charge in [-0.1, -0.05) is 42.3 Å². The van der Waals surface area contributed by atoms with Gasteiger partial charge in [0.2, 0.25) is 23.6 Å². The number of aliphatic hydroxyl groups is 1. The average molecular weight is 863 g/mol. The molecule has 1 aromatic carbocycles. The third kappa shape index (κ3) is 9.91. The summed E-state index contributed by atoms with van der Waals surface area (Å²) >= 11 is 8.00. The Morgan fingerprint density at radius 1 is 1.17 bits per heavy atom. The van der Waals surface area contributed by atoms with Crippen molar-refractivity contribution < 1.29 is 57.6 Å². The Balaban J connectivity index is 1.41. The number of carbonyl (C=O) groups is 6. The van der Waals surface area contributed by atoms with E-state index in [0.29, 0.717) is 17.9 Å². The van der Waals surface area contributed by atoms with Gasteiger partial charge in [-0.15, -0.1) is 11.8 Å². The zero-order valence-corrected chi connectivity index (χ0v) is 36.5. The summed E-state index contributed by atoms with van der Waals surface area (Å²) in [6.45, 7) is 8.89. The van der Waals surface area contributed by atoms with E-state index in [1.807, 2.05) is 13.0 Å². The molecule has 18 heteroatoms. The second kappa shape index (κ2) is 18.6. The smallest absolute Gasteiger partial charge is 0.409 e. The Morgan fingerprint density at radius 3 is 2.53 bits per heavy atom. The number of alkyl carbamates (subject to hydrolysis) is 1. The third-order valence-corrected chi connectivity index (χ3v) is 13.3. The molecule has 5 amide bonds. The average Bonchev–Trinajstić information content (AvgIpc) is 3.81. The van der Waals surface area contributed by atoms with Gasteiger partial charge in [-0.05, 0) is 51.8 Å². The molecule has 1 aromatic rings. The fourth-order valence-corrected chi connectivity index (χ4v) is 9.22. The van der Waals surface area contributed by atoms with Crippen LogP contribution in [0.25, 0.3) is 0 Å². The van der Waals surface area contributed by atoms with E-state index < -0.39 is 70.9 Å². The second-order valence-electron chi connectivity index (χ2n) is 15.7. The monoisotopic (exact) mass is 862 g/mol. The first-order chi connectivity index (χ1) is 27.8. The summed E-state index contributed by atoms with van der Waals surface area (Å²) < 4.78 is 29.3. The van der Waals surface area contributed by atoms with Crippen LogP contribution >= 0.6 is 23.4 Å². The van der Waals surface area contributed by atoms with Crippen LogP contribution in [-0.4, -0.2) is 138 Å². The Morgan fingerprint density at radius 2 is 1.88 bits per heavy atom. The molecule has 16 nitrogen and oxygen atoms in total. The summed E-state index contributed by atoms with van der Waals surface area (Å²) in [5, 5.41) is 13.9. The van der Waals surface area contributed by atoms with Crippen molar-refractivity contribution in [1.82, 2.24) is 15.1 Å². The van der Waals surface area contributed by atoms with Crippen molar-refractivity contribution in [2.45, 2.75) is 114 Å². The van der Waals surface area contributed by atoms with Crippen LogP contribution < -0.4 is 15.0 Å². The molecule has 0 aromatic heterocycles. The maximum atomic E-state index is 14.2. The maximum absolute atomic E-state index is 14.2. The van der Waals surface area contributed by atoms with E-state index in [0.717, 1.165) is 11.1 Å². The van der Waals surface area contributed by atoms with Gasteiger partial charge < -0.3 is 38.6 Å². The third-order valence-electron chi connectivity index (χ3n) is 11.7. The highest BCUT2D eigenvalue weighted by Gasteiger charge is 2.64. The standard InChI is InChI=1S/C41H55ClN4O12S/c1-10-46-34(49)19-29(37(46)50)59-15-14-32(47)44(6)24(4)38(51)57-31-20-33(48)45(7)26-17-25(18-27(54-8)35(26)42)16-22(2)12-11-13-30(55-9)41(53)21-28(56-39(52)43-41)23(3)36-40(31,5)58-36/h11-13,17-18,23-24,28-31,36,53H,10,14-16,19-21H2,1-9H3,(H,43,52)/b13-11+,22-12+/t23-,24+,28+,29?,30-,31+,36-,40+,41+/m1/s1. The van der Waals surface area contributed by atoms with Gasteiger partial charge in [0.05, 0.1) is 30.6 Å². The van der Waals surface area contributed by atoms with Gasteiger partial charge >= 0.3 is 12.1 Å². The lowest BCUT2D eigenvalue weighted by Gasteiger charge is -2.42. The van der Waals surface area contributed by atoms with Gasteiger partial charge in [0.15, 0.2) is 5.72 Å². The quantitative estimate of drug-likeness (QED) is 0.196. The Hall–Kier alpha value is -4.16. The van der Waals surface area contributed by atoms with Crippen LogP contribution in [0.15, 0.2) is 35.9 Å². The summed E-state index contributed by atoms with van der Waals surface area (Å²) in [7, 11) is 5.90. The highest BCUT2D eigenvalue weighted by Crippen LogP contribution is 2.49. The Labute approximate surface area is 353 Å². The fourth-order valence-electron chi connectivity index (χ4n) is 7.80. The molecule has 1 unspecified atom stereocenters. The predicted molar refractivity (Wildman–Crippen MR) is 219 cm³/mol. The largest absolute Gasteiger partial charge is 0.495 e. The number of hydrogen-bond donors (Lipinski definition) is 2. The number of fused-ring (bicyclic) bond motifs is 5. The number of benzene rings is 1. The fraction of sp³-hybridized carbons (Fsp3) is 0.610. The number of ether oxygens (including phenoxy) is 5. The zero-order valence-electron chi connectivity index (χ0n) is 34.9. The highest BCUT2D eigenvalue weighted by molar-refractivity contribution is 8.00. The molecule has 2 N–H and O–H groups in total. The molecule has 324 valence electrons. The van der Waals surface area contributed by atoms with Gasteiger partial charge in [0.25, 0.3) is 0 Å². The molecule has 3 saturated heterocycles. The van der Waals surface area contributed by atoms with Crippen LogP contribution in [0.3, 0.4) is 0 Å². The lowest BCUT2D eigenvalue weighted by Crippen LogP contribution is -2.63. The number of esters is 1. The number of anilines is 1. The van der Waals surface area contributed by atoms with Gasteiger partial charge in [-0.25, -0.2) is 9.59 Å². The predicted octanol–water partition coefficient (Wildman–Crippen LogP) is 3.79. The van der Waals surface area contributed by atoms with Crippen LogP contribution in [0.2, 0.25) is 5.02 Å². The van der Waals surface area contributed by atoms with Gasteiger partial charge in [0, 0.05) is 58.7 Å². The first-order valence-corrected chi connectivity index (χ1v) is 21.0. The van der Waals surface area contributed by atoms with Crippen molar-refractivity contribution in [1.29, 1.82) is 0 Å². The van der Waals surface area contributed by atoms with E-state index >= 15 is 0 Å². The topological polar surface area (TPSA) is 194 Å². The number of nitrogens with one attached hydrogen (secondary N) is 1. The van der Waals surface area contributed by atoms with Crippen LogP contribution in [0, 0.1) is 5.92 Å². The molecule has 9 atom stereocenters. The van der Waals surface area contributed by atoms with E-state index in [9.17, 15) is 33.9 Å². The minimum atomic E-state index is -1.86. The van der Waals surface area contributed by atoms with Crippen LogP contribution in [0.5, 0.6) is 5.75 Å². The number of nitrogens with zero attached hydrogens (tertiary/aromatic N) is 3. The van der Waals surface area contributed by atoms with Crippen molar-refractivity contribution in [3.05, 3.63) is 46.5 Å². The van der Waals surface area contributed by atoms with E-state index in [2.05, 4.69) is 5.32 Å². The molecule has 0 aliphatic carbocycles. The van der Waals surface area contributed by atoms with E-state index in [1.54, 1.807) is 52.1 Å². The molecule has 59 heavy (non-hydrogen) atoms. The number of rotatable bonds is 10. The summed E-state index contributed by atoms with van der Waals surface area (Å²) in [4.78, 5) is 82.8. The number of carbonyl (C=O) groups excluding carboxylic acids is 6. The van der Waals surface area contributed by atoms with Crippen LogP contribution in [0.4, 0.5) is 10.5 Å². The van der Waals surface area contributed by atoms with Gasteiger partial charge in [0.1, 0.15) is 40.7 Å². The molecular formula is C41H55ClN4O12S. The number of allylic oxidation sites excluding steroid dienone is 3. The van der Waals surface area contributed by atoms with Crippen molar-refractivity contribution in [2.24, 2.45) is 5.92 Å². The van der Waals surface area contributed by atoms with Gasteiger partial charge in [-0.2, -0.15) is 0 Å². The number of halogens is 1. The number of thioether (sulfide) groups is 1. The number of hydrogen-bond acceptors (Lipinski definition) is 13. The van der Waals surface area contributed by atoms with Crippen molar-refractivity contribution in [3.8, 4) is 5.75 Å². The maximum Gasteiger partial charge on any atom is 0.409 e. The second-order valence-corrected chi connectivity index (χ2v) is 17.4. The molecule has 4 aliphatic heterocycles. The summed E-state index contributed by atoms with van der Waals surface area (Å²) in [6, 6.07) is 2.46. The van der Waals surface area contributed by atoms with Gasteiger partial charge in [-0.3, -0.25) is 29.4 Å². The SMILES string of the molecule is CCN1C(=O)CC(SCCC(=O)N(C)[C@@H](C)C(=O)O[C@H]2CC(=O)N(C)c3cc(cc(OC)c3Cl)C/C(C)=C/C=C/[C@@H](OC)[C@@]3(O)C[C@H](OC(=O)N3)[C@@H](C)[C@H]3O[C@@]23C)C1=O. The molecule has 0 saturated carbocycles. The van der Waals surface area contributed by atoms with E-state index in [4.69, 9.17) is 35.3 Å². The number of epoxide rings is 1. The number of likely N-dealkylation sites (tertiary alicyclic amines) is 1. The first kappa shape index (κ1) is 45.9. The number of likely N-dealkylation sites (N-methyl/N-ethyl adjacent to an activating group) is 1. The van der Waals surface area contributed by atoms with Crippen molar-refractivity contribution in [2.75, 3.05) is 45.5 Å². The number of methoxy groups -OCH3 is 2. The molecule has 4 aliphatic rings. The lowest BCUT2D eigenvalue weighted by atomic mass is 9.83. The normalized spacial score (nSPS) is 31.9. The molecule has 4 bridgehead atoms. The molecule has 3 fully saturated rings. The highest BCUT2D eigenvalue weighted by atomic mass is 35.5. The molecule has 0 radical (unpaired) electrons. The molecular weight excluding hydrogens is 808 g/mol. The van der Waals surface area contributed by atoms with Crippen molar-refractivity contribution >= 4 is 64.7 Å². The minimum Gasteiger partial charge on any atom is -0.495 e. The molecule has 4 heterocycles. The van der Waals surface area contributed by atoms with Crippen LogP contribution in [-0.2, 0) is 49.3 Å². The minimum absolute atomic E-state index is 0.00432. The molecule has 0 spiro atoms.